The van der Waals surface area contributed by atoms with E-state index in [0.29, 0.717) is 11.5 Å². The number of aliphatic imine (C=N–C) groups is 1. The molecule has 1 saturated heterocycles. The number of rotatable bonds is 11. The third-order valence-corrected chi connectivity index (χ3v) is 8.18. The number of nitrogens with zero attached hydrogens (tertiary/aromatic N) is 6. The molecule has 0 radical (unpaired) electrons. The Balaban J connectivity index is 1.37. The summed E-state index contributed by atoms with van der Waals surface area (Å²) in [4.78, 5) is 25.9. The zero-order chi connectivity index (χ0) is 33.8. The number of hydrogen-bond donors (Lipinski definition) is 2. The number of ether oxygens (including phenoxy) is 4. The van der Waals surface area contributed by atoms with Crippen molar-refractivity contribution in [3.8, 4) is 17.6 Å². The van der Waals surface area contributed by atoms with Crippen molar-refractivity contribution in [2.75, 3.05) is 34.9 Å². The second kappa shape index (κ2) is 13.7. The van der Waals surface area contributed by atoms with Gasteiger partial charge in [0.25, 0.3) is 5.56 Å². The van der Waals surface area contributed by atoms with E-state index in [4.69, 9.17) is 18.9 Å². The van der Waals surface area contributed by atoms with Crippen molar-refractivity contribution in [1.82, 2.24) is 24.6 Å². The molecule has 5 aromatic rings. The first-order valence-corrected chi connectivity index (χ1v) is 15.2. The third-order valence-electron chi connectivity index (χ3n) is 8.18. The zero-order valence-corrected chi connectivity index (χ0v) is 26.9. The van der Waals surface area contributed by atoms with E-state index in [0.717, 1.165) is 16.7 Å². The average Bonchev–Trinajstić information content (AvgIpc) is 3.68. The number of fused-ring (bicyclic) bond motifs is 1. The SMILES string of the molecule is COc1ccc(C(OC[C@H]2O[C@@H](n3nc(C#N)c4c(=O)[nH]c(/N=C/N(C)C)nc43)C[C@@H]2O)(c2ccccc2)c2ccc(OC)cc2)cc1. The molecule has 3 atom stereocenters. The number of H-pyrrole nitrogens is 1. The van der Waals surface area contributed by atoms with Gasteiger partial charge in [0.05, 0.1) is 33.3 Å². The summed E-state index contributed by atoms with van der Waals surface area (Å²) in [6.07, 6.45) is -1.000. The number of nitrogens with one attached hydrogen (secondary N) is 1. The Labute approximate surface area is 276 Å². The topological polar surface area (TPSA) is 160 Å². The molecule has 6 rings (SSSR count). The van der Waals surface area contributed by atoms with Crippen LogP contribution in [0.25, 0.3) is 11.0 Å². The van der Waals surface area contributed by atoms with Gasteiger partial charge in [-0.05, 0) is 41.0 Å². The van der Waals surface area contributed by atoms with E-state index in [9.17, 15) is 15.2 Å². The summed E-state index contributed by atoms with van der Waals surface area (Å²) in [5.74, 6) is 1.43. The molecule has 1 aliphatic heterocycles. The van der Waals surface area contributed by atoms with Gasteiger partial charge < -0.3 is 29.0 Å². The first kappa shape index (κ1) is 32.4. The minimum Gasteiger partial charge on any atom is -0.497 e. The van der Waals surface area contributed by atoms with Crippen molar-refractivity contribution < 1.29 is 24.1 Å². The number of aromatic amines is 1. The molecule has 13 nitrogen and oxygen atoms in total. The van der Waals surface area contributed by atoms with Crippen LogP contribution in [-0.4, -0.2) is 83.2 Å². The largest absolute Gasteiger partial charge is 0.497 e. The lowest BCUT2D eigenvalue weighted by Crippen LogP contribution is -2.38. The number of nitriles is 1. The number of hydrogen-bond acceptors (Lipinski definition) is 10. The highest BCUT2D eigenvalue weighted by Gasteiger charge is 2.42. The molecule has 48 heavy (non-hydrogen) atoms. The van der Waals surface area contributed by atoms with Crippen molar-refractivity contribution in [2.24, 2.45) is 4.99 Å². The summed E-state index contributed by atoms with van der Waals surface area (Å²) in [6.45, 7) is -0.0265. The summed E-state index contributed by atoms with van der Waals surface area (Å²) in [7, 11) is 6.79. The lowest BCUT2D eigenvalue weighted by molar-refractivity contribution is -0.0950. The van der Waals surface area contributed by atoms with Crippen LogP contribution in [0.2, 0.25) is 0 Å². The van der Waals surface area contributed by atoms with Gasteiger partial charge in [0.2, 0.25) is 5.95 Å². The first-order chi connectivity index (χ1) is 23.3. The van der Waals surface area contributed by atoms with Gasteiger partial charge in [0.1, 0.15) is 34.7 Å². The van der Waals surface area contributed by atoms with Crippen molar-refractivity contribution in [2.45, 2.75) is 30.5 Å². The Bertz CT molecular complexity index is 1950. The maximum absolute atomic E-state index is 13.0. The molecule has 2 N–H and O–H groups in total. The smallest absolute Gasteiger partial charge is 0.264 e. The minimum atomic E-state index is -1.12. The molecule has 3 aromatic carbocycles. The van der Waals surface area contributed by atoms with Crippen LogP contribution >= 0.6 is 0 Å². The molecule has 0 amide bonds. The fourth-order valence-corrected chi connectivity index (χ4v) is 5.84. The molecule has 0 bridgehead atoms. The van der Waals surface area contributed by atoms with Crippen LogP contribution in [0.3, 0.4) is 0 Å². The summed E-state index contributed by atoms with van der Waals surface area (Å²) >= 11 is 0. The quantitative estimate of drug-likeness (QED) is 0.122. The molecule has 0 aliphatic carbocycles. The molecule has 2 aromatic heterocycles. The minimum absolute atomic E-state index is 0.0150. The van der Waals surface area contributed by atoms with Gasteiger partial charge in [-0.15, -0.1) is 0 Å². The van der Waals surface area contributed by atoms with E-state index in [1.165, 1.54) is 11.0 Å². The normalized spacial score (nSPS) is 17.9. The van der Waals surface area contributed by atoms with Gasteiger partial charge in [-0.25, -0.2) is 9.67 Å². The predicted octanol–water partition coefficient (Wildman–Crippen LogP) is 3.89. The van der Waals surface area contributed by atoms with Crippen molar-refractivity contribution in [3.05, 3.63) is 112 Å². The highest BCUT2D eigenvalue weighted by molar-refractivity contribution is 5.81. The lowest BCUT2D eigenvalue weighted by Gasteiger charge is -2.37. The van der Waals surface area contributed by atoms with Crippen molar-refractivity contribution in [3.63, 3.8) is 0 Å². The van der Waals surface area contributed by atoms with Crippen LogP contribution in [-0.2, 0) is 15.1 Å². The van der Waals surface area contributed by atoms with E-state index in [-0.39, 0.29) is 35.7 Å². The highest BCUT2D eigenvalue weighted by atomic mass is 16.6. The summed E-state index contributed by atoms with van der Waals surface area (Å²) in [5.41, 5.74) is 0.844. The van der Waals surface area contributed by atoms with E-state index in [1.54, 1.807) is 33.2 Å². The van der Waals surface area contributed by atoms with Crippen LogP contribution in [0.1, 0.15) is 35.0 Å². The van der Waals surface area contributed by atoms with Gasteiger partial charge in [-0.3, -0.25) is 9.78 Å². The Morgan fingerprint density at radius 3 is 2.21 bits per heavy atom. The van der Waals surface area contributed by atoms with Crippen LogP contribution in [0.4, 0.5) is 5.95 Å². The molecule has 246 valence electrons. The van der Waals surface area contributed by atoms with Gasteiger partial charge in [-0.2, -0.15) is 15.3 Å². The summed E-state index contributed by atoms with van der Waals surface area (Å²) in [6, 6.07) is 27.0. The van der Waals surface area contributed by atoms with E-state index >= 15 is 0 Å². The second-order valence-electron chi connectivity index (χ2n) is 11.4. The van der Waals surface area contributed by atoms with Crippen molar-refractivity contribution in [1.29, 1.82) is 5.26 Å². The lowest BCUT2D eigenvalue weighted by atomic mass is 9.80. The van der Waals surface area contributed by atoms with Gasteiger partial charge in [0, 0.05) is 20.5 Å². The third kappa shape index (κ3) is 6.12. The predicted molar refractivity (Wildman–Crippen MR) is 178 cm³/mol. The Morgan fingerprint density at radius 1 is 1.04 bits per heavy atom. The molecule has 3 heterocycles. The molecule has 1 fully saturated rings. The first-order valence-electron chi connectivity index (χ1n) is 15.2. The van der Waals surface area contributed by atoms with Crippen LogP contribution in [0.15, 0.2) is 88.6 Å². The number of aliphatic hydroxyl groups is 1. The fraction of sp³-hybridized carbons (Fsp3) is 0.286. The Hall–Kier alpha value is -5.55. The average molecular weight is 650 g/mol. The van der Waals surface area contributed by atoms with Crippen LogP contribution in [0.5, 0.6) is 11.5 Å². The number of benzene rings is 3. The van der Waals surface area contributed by atoms with Gasteiger partial charge in [0.15, 0.2) is 17.6 Å². The van der Waals surface area contributed by atoms with E-state index < -0.39 is 29.6 Å². The monoisotopic (exact) mass is 649 g/mol. The van der Waals surface area contributed by atoms with Crippen LogP contribution in [0, 0.1) is 11.3 Å². The molecular formula is C35H35N7O6. The van der Waals surface area contributed by atoms with Crippen molar-refractivity contribution >= 4 is 23.3 Å². The maximum atomic E-state index is 13.0. The van der Waals surface area contributed by atoms with Gasteiger partial charge in [-0.1, -0.05) is 54.6 Å². The molecular weight excluding hydrogens is 614 g/mol. The highest BCUT2D eigenvalue weighted by Crippen LogP contribution is 2.43. The maximum Gasteiger partial charge on any atom is 0.264 e. The Kier molecular flexibility index (Phi) is 9.22. The van der Waals surface area contributed by atoms with E-state index in [2.05, 4.69) is 20.1 Å². The molecule has 13 heteroatoms. The standard InChI is InChI=1S/C35H35N7O6/c1-41(2)21-37-34-38-32-31(33(44)39-34)27(19-36)40-42(32)30-18-28(43)29(48-30)20-47-35(22-8-6-5-7-9-22,23-10-14-25(45-3)15-11-23)24-12-16-26(46-4)17-13-24/h5-17,21,28-30,43H,18,20H2,1-4H3,(H,38,39,44)/b37-21+/t28-,29+,30+/m0/s1. The molecule has 0 unspecified atom stereocenters. The Morgan fingerprint density at radius 2 is 1.65 bits per heavy atom. The number of aliphatic hydroxyl groups excluding tert-OH is 1. The zero-order valence-electron chi connectivity index (χ0n) is 26.9. The number of methoxy groups -OCH3 is 2. The number of aromatic nitrogens is 4. The van der Waals surface area contributed by atoms with Gasteiger partial charge >= 0.3 is 0 Å². The van der Waals surface area contributed by atoms with Crippen LogP contribution < -0.4 is 15.0 Å². The second-order valence-corrected chi connectivity index (χ2v) is 11.4. The molecule has 0 spiro atoms. The molecule has 1 aliphatic rings. The summed E-state index contributed by atoms with van der Waals surface area (Å²) < 4.78 is 25.5. The molecule has 0 saturated carbocycles. The van der Waals surface area contributed by atoms with E-state index in [1.807, 2.05) is 84.9 Å². The summed E-state index contributed by atoms with van der Waals surface area (Å²) in [5, 5.41) is 25.4. The fourth-order valence-electron chi connectivity index (χ4n) is 5.84.